The largest absolute Gasteiger partial charge is 0.452 e. The Morgan fingerprint density at radius 1 is 1.07 bits per heavy atom. The van der Waals surface area contributed by atoms with Gasteiger partial charge in [-0.1, -0.05) is 48.5 Å². The summed E-state index contributed by atoms with van der Waals surface area (Å²) in [5, 5.41) is 0.735. The van der Waals surface area contributed by atoms with E-state index in [0.717, 1.165) is 53.5 Å². The molecule has 1 aliphatic heterocycles. The van der Waals surface area contributed by atoms with E-state index in [1.54, 1.807) is 0 Å². The predicted octanol–water partition coefficient (Wildman–Crippen LogP) is 4.77. The van der Waals surface area contributed by atoms with Crippen LogP contribution in [0.4, 0.5) is 0 Å². The molecule has 1 atom stereocenters. The van der Waals surface area contributed by atoms with E-state index in [2.05, 4.69) is 0 Å². The van der Waals surface area contributed by atoms with E-state index in [-0.39, 0.29) is 18.6 Å². The Bertz CT molecular complexity index is 1080. The maximum absolute atomic E-state index is 13.1. The van der Waals surface area contributed by atoms with Gasteiger partial charge in [-0.3, -0.25) is 4.79 Å². The molecule has 0 unspecified atom stereocenters. The first-order valence-electron chi connectivity index (χ1n) is 10.5. The topological polar surface area (TPSA) is 59.5 Å². The van der Waals surface area contributed by atoms with E-state index in [1.807, 2.05) is 73.3 Å². The molecule has 1 saturated heterocycles. The van der Waals surface area contributed by atoms with E-state index in [1.165, 1.54) is 0 Å². The number of hydrogen-bond donors (Lipinski definition) is 0. The van der Waals surface area contributed by atoms with Crippen molar-refractivity contribution < 1.29 is 14.3 Å². The SMILES string of the molecule is Cc1c(-c2ccccc2)nc2ccccc2c1C(=O)OCC(=O)N1CCCC[C@@H]1C. The second kappa shape index (κ2) is 8.66. The van der Waals surface area contributed by atoms with Gasteiger partial charge in [-0.05, 0) is 44.7 Å². The van der Waals surface area contributed by atoms with Crippen LogP contribution >= 0.6 is 0 Å². The summed E-state index contributed by atoms with van der Waals surface area (Å²) in [6.07, 6.45) is 3.13. The van der Waals surface area contributed by atoms with Gasteiger partial charge in [0.05, 0.1) is 16.8 Å². The third-order valence-electron chi connectivity index (χ3n) is 5.84. The lowest BCUT2D eigenvalue weighted by atomic mass is 9.98. The number of likely N-dealkylation sites (tertiary alicyclic amines) is 1. The summed E-state index contributed by atoms with van der Waals surface area (Å²) in [5.74, 6) is -0.615. The number of para-hydroxylation sites is 1. The highest BCUT2D eigenvalue weighted by Gasteiger charge is 2.25. The van der Waals surface area contributed by atoms with Crippen LogP contribution < -0.4 is 0 Å². The Morgan fingerprint density at radius 2 is 1.80 bits per heavy atom. The first-order chi connectivity index (χ1) is 14.6. The van der Waals surface area contributed by atoms with E-state index in [4.69, 9.17) is 9.72 Å². The number of pyridine rings is 1. The number of amides is 1. The zero-order chi connectivity index (χ0) is 21.1. The minimum Gasteiger partial charge on any atom is -0.452 e. The lowest BCUT2D eigenvalue weighted by Gasteiger charge is -2.33. The van der Waals surface area contributed by atoms with Crippen LogP contribution in [0.1, 0.15) is 42.1 Å². The van der Waals surface area contributed by atoms with Gasteiger partial charge in [0.2, 0.25) is 0 Å². The normalized spacial score (nSPS) is 16.5. The second-order valence-electron chi connectivity index (χ2n) is 7.85. The zero-order valence-corrected chi connectivity index (χ0v) is 17.4. The molecule has 0 aliphatic carbocycles. The fourth-order valence-corrected chi connectivity index (χ4v) is 4.20. The molecule has 2 heterocycles. The van der Waals surface area contributed by atoms with Crippen molar-refractivity contribution >= 4 is 22.8 Å². The van der Waals surface area contributed by atoms with E-state index in [0.29, 0.717) is 5.56 Å². The van der Waals surface area contributed by atoms with Crippen molar-refractivity contribution in [3.63, 3.8) is 0 Å². The Labute approximate surface area is 176 Å². The zero-order valence-electron chi connectivity index (χ0n) is 17.4. The molecule has 1 aliphatic rings. The van der Waals surface area contributed by atoms with Gasteiger partial charge in [0.15, 0.2) is 6.61 Å². The summed E-state index contributed by atoms with van der Waals surface area (Å²) < 4.78 is 5.51. The van der Waals surface area contributed by atoms with Crippen LogP contribution in [0.5, 0.6) is 0 Å². The predicted molar refractivity (Wildman–Crippen MR) is 117 cm³/mol. The summed E-state index contributed by atoms with van der Waals surface area (Å²) in [6, 6.07) is 17.5. The monoisotopic (exact) mass is 402 g/mol. The lowest BCUT2D eigenvalue weighted by Crippen LogP contribution is -2.44. The maximum Gasteiger partial charge on any atom is 0.339 e. The highest BCUT2D eigenvalue weighted by atomic mass is 16.5. The van der Waals surface area contributed by atoms with Gasteiger partial charge >= 0.3 is 5.97 Å². The van der Waals surface area contributed by atoms with Crippen molar-refractivity contribution in [3.8, 4) is 11.3 Å². The minimum absolute atomic E-state index is 0.130. The smallest absolute Gasteiger partial charge is 0.339 e. The molecule has 154 valence electrons. The highest BCUT2D eigenvalue weighted by molar-refractivity contribution is 6.06. The Kier molecular flexibility index (Phi) is 5.79. The molecule has 0 saturated carbocycles. The number of nitrogens with zero attached hydrogens (tertiary/aromatic N) is 2. The standard InChI is InChI=1S/C25H26N2O3/c1-17-10-8-9-15-27(17)22(28)16-30-25(29)23-18(2)24(19-11-4-3-5-12-19)26-21-14-7-6-13-20(21)23/h3-7,11-14,17H,8-10,15-16H2,1-2H3/t17-/m0/s1. The Morgan fingerprint density at radius 3 is 2.57 bits per heavy atom. The van der Waals surface area contributed by atoms with Crippen molar-refractivity contribution in [2.75, 3.05) is 13.2 Å². The molecule has 3 aromatic rings. The molecule has 0 radical (unpaired) electrons. The summed E-state index contributed by atoms with van der Waals surface area (Å²) in [4.78, 5) is 32.3. The number of piperidine rings is 1. The number of aromatic nitrogens is 1. The van der Waals surface area contributed by atoms with Gasteiger partial charge in [-0.25, -0.2) is 9.78 Å². The van der Waals surface area contributed by atoms with E-state index >= 15 is 0 Å². The number of benzene rings is 2. The summed E-state index contributed by atoms with van der Waals surface area (Å²) in [6.45, 7) is 4.42. The van der Waals surface area contributed by atoms with Crippen molar-refractivity contribution in [2.24, 2.45) is 0 Å². The quantitative estimate of drug-likeness (QED) is 0.590. The lowest BCUT2D eigenvalue weighted by molar-refractivity contribution is -0.137. The van der Waals surface area contributed by atoms with Crippen molar-refractivity contribution in [1.29, 1.82) is 0 Å². The molecule has 4 rings (SSSR count). The Balaban J connectivity index is 1.65. The third-order valence-corrected chi connectivity index (χ3v) is 5.84. The number of ether oxygens (including phenoxy) is 1. The van der Waals surface area contributed by atoms with Crippen molar-refractivity contribution in [1.82, 2.24) is 9.88 Å². The van der Waals surface area contributed by atoms with Gasteiger partial charge in [0, 0.05) is 23.5 Å². The van der Waals surface area contributed by atoms with E-state index in [9.17, 15) is 9.59 Å². The number of fused-ring (bicyclic) bond motifs is 1. The first kappa shape index (κ1) is 20.1. The number of hydrogen-bond acceptors (Lipinski definition) is 4. The van der Waals surface area contributed by atoms with Gasteiger partial charge in [0.1, 0.15) is 0 Å². The highest BCUT2D eigenvalue weighted by Crippen LogP contribution is 2.30. The van der Waals surface area contributed by atoms with Gasteiger partial charge in [-0.15, -0.1) is 0 Å². The molecule has 30 heavy (non-hydrogen) atoms. The van der Waals surface area contributed by atoms with Crippen LogP contribution in [-0.4, -0.2) is 41.0 Å². The van der Waals surface area contributed by atoms with Crippen LogP contribution in [0.25, 0.3) is 22.2 Å². The molecular weight excluding hydrogens is 376 g/mol. The average molecular weight is 402 g/mol. The first-order valence-corrected chi connectivity index (χ1v) is 10.5. The molecule has 5 nitrogen and oxygen atoms in total. The van der Waals surface area contributed by atoms with Gasteiger partial charge in [0.25, 0.3) is 5.91 Å². The molecule has 1 fully saturated rings. The molecule has 0 spiro atoms. The molecule has 1 amide bonds. The Hall–Kier alpha value is -3.21. The van der Waals surface area contributed by atoms with E-state index < -0.39 is 5.97 Å². The molecular formula is C25H26N2O3. The molecule has 5 heteroatoms. The summed E-state index contributed by atoms with van der Waals surface area (Å²) in [5.41, 5.74) is 3.64. The van der Waals surface area contributed by atoms with Crippen molar-refractivity contribution in [2.45, 2.75) is 39.2 Å². The fraction of sp³-hybridized carbons (Fsp3) is 0.320. The van der Waals surface area contributed by atoms with Gasteiger partial charge < -0.3 is 9.64 Å². The molecule has 0 N–H and O–H groups in total. The van der Waals surface area contributed by atoms with Crippen LogP contribution in [0.15, 0.2) is 54.6 Å². The minimum atomic E-state index is -0.485. The van der Waals surface area contributed by atoms with Crippen molar-refractivity contribution in [3.05, 3.63) is 65.7 Å². The van der Waals surface area contributed by atoms with Crippen LogP contribution in [0.3, 0.4) is 0 Å². The summed E-state index contributed by atoms with van der Waals surface area (Å²) >= 11 is 0. The summed E-state index contributed by atoms with van der Waals surface area (Å²) in [7, 11) is 0. The molecule has 0 bridgehead atoms. The molecule has 2 aromatic carbocycles. The van der Waals surface area contributed by atoms with Crippen LogP contribution in [0.2, 0.25) is 0 Å². The number of carbonyl (C=O) groups is 2. The molecule has 1 aromatic heterocycles. The number of esters is 1. The van der Waals surface area contributed by atoms with Crippen LogP contribution in [0, 0.1) is 6.92 Å². The maximum atomic E-state index is 13.1. The van der Waals surface area contributed by atoms with Gasteiger partial charge in [-0.2, -0.15) is 0 Å². The third kappa shape index (κ3) is 3.92. The number of carbonyl (C=O) groups excluding carboxylic acids is 2. The average Bonchev–Trinajstić information content (AvgIpc) is 2.77. The van der Waals surface area contributed by atoms with Crippen LogP contribution in [-0.2, 0) is 9.53 Å². The number of rotatable bonds is 4. The second-order valence-corrected chi connectivity index (χ2v) is 7.85. The fourth-order valence-electron chi connectivity index (χ4n) is 4.20.